The van der Waals surface area contributed by atoms with Gasteiger partial charge in [0.05, 0.1) is 10.6 Å². The number of hydrogen-bond acceptors (Lipinski definition) is 3. The van der Waals surface area contributed by atoms with E-state index in [4.69, 9.17) is 0 Å². The first-order valence-electron chi connectivity index (χ1n) is 8.84. The van der Waals surface area contributed by atoms with E-state index in [2.05, 4.69) is 42.9 Å². The number of hydrogen-bond donors (Lipinski definition) is 1. The van der Waals surface area contributed by atoms with Crippen LogP contribution in [0.5, 0.6) is 0 Å². The van der Waals surface area contributed by atoms with Crippen molar-refractivity contribution in [2.24, 2.45) is 10.4 Å². The fourth-order valence-electron chi connectivity index (χ4n) is 3.10. The Bertz CT molecular complexity index is 724. The van der Waals surface area contributed by atoms with Gasteiger partial charge in [-0.1, -0.05) is 39.0 Å². The predicted molar refractivity (Wildman–Crippen MR) is 104 cm³/mol. The molecule has 0 spiro atoms. The number of likely N-dealkylation sites (tertiary alicyclic amines) is 1. The third kappa shape index (κ3) is 3.84. The van der Waals surface area contributed by atoms with E-state index in [1.165, 1.54) is 0 Å². The molecular weight excluding hydrogens is 334 g/mol. The van der Waals surface area contributed by atoms with Gasteiger partial charge < -0.3 is 10.2 Å². The van der Waals surface area contributed by atoms with Crippen molar-refractivity contribution in [2.75, 3.05) is 19.3 Å². The standard InChI is InChI=1S/C19H31N3O2S/c1-7-15(13-25(23,24)16-11-9-8-10-12-16)21-17(20-6)22-14-18(2,3)19(22,4)5/h8-12,15H,7,13-14H2,1-6H3,(H,20,21). The van der Waals surface area contributed by atoms with Crippen LogP contribution in [-0.2, 0) is 9.84 Å². The molecule has 1 fully saturated rings. The Hall–Kier alpha value is -1.56. The first-order valence-corrected chi connectivity index (χ1v) is 10.5. The molecule has 1 N–H and O–H groups in total. The lowest BCUT2D eigenvalue weighted by Crippen LogP contribution is -2.73. The number of aliphatic imine (C=N–C) groups is 1. The average molecular weight is 366 g/mol. The molecule has 1 heterocycles. The molecular formula is C19H31N3O2S. The van der Waals surface area contributed by atoms with E-state index in [-0.39, 0.29) is 22.7 Å². The van der Waals surface area contributed by atoms with E-state index < -0.39 is 9.84 Å². The molecule has 0 aromatic heterocycles. The van der Waals surface area contributed by atoms with Crippen LogP contribution < -0.4 is 5.32 Å². The number of guanidine groups is 1. The van der Waals surface area contributed by atoms with Gasteiger partial charge in [-0.25, -0.2) is 8.42 Å². The van der Waals surface area contributed by atoms with Crippen molar-refractivity contribution in [3.05, 3.63) is 30.3 Å². The molecule has 1 aliphatic rings. The van der Waals surface area contributed by atoms with Gasteiger partial charge in [0, 0.05) is 30.6 Å². The minimum Gasteiger partial charge on any atom is -0.352 e. The fraction of sp³-hybridized carbons (Fsp3) is 0.632. The van der Waals surface area contributed by atoms with Crippen LogP contribution in [-0.4, -0.2) is 50.2 Å². The second kappa shape index (κ2) is 6.98. The summed E-state index contributed by atoms with van der Waals surface area (Å²) in [6.07, 6.45) is 0.711. The van der Waals surface area contributed by atoms with E-state index in [1.54, 1.807) is 31.3 Å². The van der Waals surface area contributed by atoms with Crippen molar-refractivity contribution in [3.8, 4) is 0 Å². The quantitative estimate of drug-likeness (QED) is 0.644. The van der Waals surface area contributed by atoms with Crippen molar-refractivity contribution in [1.29, 1.82) is 0 Å². The predicted octanol–water partition coefficient (Wildman–Crippen LogP) is 2.93. The maximum atomic E-state index is 12.7. The molecule has 5 nitrogen and oxygen atoms in total. The number of nitrogens with one attached hydrogen (secondary N) is 1. The number of sulfone groups is 1. The van der Waals surface area contributed by atoms with Gasteiger partial charge in [0.25, 0.3) is 0 Å². The molecule has 1 atom stereocenters. The Morgan fingerprint density at radius 3 is 2.28 bits per heavy atom. The molecule has 1 unspecified atom stereocenters. The van der Waals surface area contributed by atoms with E-state index in [1.807, 2.05) is 13.0 Å². The highest BCUT2D eigenvalue weighted by atomic mass is 32.2. The fourth-order valence-corrected chi connectivity index (χ4v) is 4.71. The van der Waals surface area contributed by atoms with Crippen LogP contribution in [0.1, 0.15) is 41.0 Å². The molecule has 1 aromatic rings. The van der Waals surface area contributed by atoms with Gasteiger partial charge in [0.15, 0.2) is 15.8 Å². The van der Waals surface area contributed by atoms with Crippen molar-refractivity contribution >= 4 is 15.8 Å². The Balaban J connectivity index is 2.12. The van der Waals surface area contributed by atoms with Gasteiger partial charge in [0.2, 0.25) is 0 Å². The highest BCUT2D eigenvalue weighted by molar-refractivity contribution is 7.91. The summed E-state index contributed by atoms with van der Waals surface area (Å²) in [4.78, 5) is 7.00. The molecule has 1 aromatic carbocycles. The number of rotatable bonds is 5. The summed E-state index contributed by atoms with van der Waals surface area (Å²) < 4.78 is 25.3. The Labute approximate surface area is 152 Å². The monoisotopic (exact) mass is 365 g/mol. The zero-order chi connectivity index (χ0) is 18.9. The van der Waals surface area contributed by atoms with E-state index in [9.17, 15) is 8.42 Å². The zero-order valence-electron chi connectivity index (χ0n) is 16.2. The third-order valence-electron chi connectivity index (χ3n) is 5.70. The SMILES string of the molecule is CCC(CS(=O)(=O)c1ccccc1)NC(=NC)N1CC(C)(C)C1(C)C. The van der Waals surface area contributed by atoms with Gasteiger partial charge in [-0.05, 0) is 32.4 Å². The zero-order valence-corrected chi connectivity index (χ0v) is 17.0. The molecule has 0 amide bonds. The van der Waals surface area contributed by atoms with E-state index >= 15 is 0 Å². The number of nitrogens with zero attached hydrogens (tertiary/aromatic N) is 2. The van der Waals surface area contributed by atoms with Crippen LogP contribution in [0.25, 0.3) is 0 Å². The summed E-state index contributed by atoms with van der Waals surface area (Å²) in [5.74, 6) is 0.837. The van der Waals surface area contributed by atoms with Gasteiger partial charge in [-0.3, -0.25) is 4.99 Å². The highest BCUT2D eigenvalue weighted by Gasteiger charge is 2.53. The van der Waals surface area contributed by atoms with Gasteiger partial charge in [-0.15, -0.1) is 0 Å². The van der Waals surface area contributed by atoms with Crippen LogP contribution in [0.15, 0.2) is 40.2 Å². The summed E-state index contributed by atoms with van der Waals surface area (Å²) in [6.45, 7) is 11.8. The smallest absolute Gasteiger partial charge is 0.194 e. The van der Waals surface area contributed by atoms with E-state index in [0.29, 0.717) is 11.3 Å². The van der Waals surface area contributed by atoms with Crippen LogP contribution >= 0.6 is 0 Å². The molecule has 2 rings (SSSR count). The van der Waals surface area contributed by atoms with E-state index in [0.717, 1.165) is 12.5 Å². The minimum absolute atomic E-state index is 0.0224. The van der Waals surface area contributed by atoms with Crippen molar-refractivity contribution in [1.82, 2.24) is 10.2 Å². The highest BCUT2D eigenvalue weighted by Crippen LogP contribution is 2.46. The van der Waals surface area contributed by atoms with Crippen LogP contribution in [0.2, 0.25) is 0 Å². The Morgan fingerprint density at radius 1 is 1.24 bits per heavy atom. The van der Waals surface area contributed by atoms with Crippen LogP contribution in [0, 0.1) is 5.41 Å². The molecule has 1 saturated heterocycles. The summed E-state index contributed by atoms with van der Waals surface area (Å²) in [6, 6.07) is 8.46. The summed E-state index contributed by atoms with van der Waals surface area (Å²) >= 11 is 0. The van der Waals surface area contributed by atoms with Crippen LogP contribution in [0.4, 0.5) is 0 Å². The lowest BCUT2D eigenvalue weighted by atomic mass is 9.65. The molecule has 0 radical (unpaired) electrons. The second-order valence-electron chi connectivity index (χ2n) is 7.92. The topological polar surface area (TPSA) is 61.8 Å². The van der Waals surface area contributed by atoms with Gasteiger partial charge >= 0.3 is 0 Å². The molecule has 6 heteroatoms. The van der Waals surface area contributed by atoms with Crippen molar-refractivity contribution < 1.29 is 8.42 Å². The minimum atomic E-state index is -3.33. The largest absolute Gasteiger partial charge is 0.352 e. The molecule has 1 aliphatic heterocycles. The second-order valence-corrected chi connectivity index (χ2v) is 9.95. The lowest BCUT2D eigenvalue weighted by Gasteiger charge is -2.62. The maximum Gasteiger partial charge on any atom is 0.194 e. The third-order valence-corrected chi connectivity index (χ3v) is 7.53. The average Bonchev–Trinajstić information content (AvgIpc) is 2.57. The summed E-state index contributed by atoms with van der Waals surface area (Å²) in [7, 11) is -1.58. The molecule has 140 valence electrons. The molecule has 25 heavy (non-hydrogen) atoms. The Kier molecular flexibility index (Phi) is 5.52. The summed E-state index contributed by atoms with van der Waals surface area (Å²) in [5, 5.41) is 3.37. The lowest BCUT2D eigenvalue weighted by molar-refractivity contribution is -0.0670. The molecule has 0 saturated carbocycles. The van der Waals surface area contributed by atoms with Crippen molar-refractivity contribution in [3.63, 3.8) is 0 Å². The maximum absolute atomic E-state index is 12.7. The van der Waals surface area contributed by atoms with Crippen molar-refractivity contribution in [2.45, 2.75) is 57.5 Å². The molecule has 0 bridgehead atoms. The van der Waals surface area contributed by atoms with Gasteiger partial charge in [-0.2, -0.15) is 0 Å². The normalized spacial score (nSPS) is 20.7. The first-order chi connectivity index (χ1) is 11.5. The Morgan fingerprint density at radius 2 is 1.84 bits per heavy atom. The summed E-state index contributed by atoms with van der Waals surface area (Å²) in [5.41, 5.74) is 0.174. The van der Waals surface area contributed by atoms with Gasteiger partial charge in [0.1, 0.15) is 0 Å². The molecule has 0 aliphatic carbocycles. The number of benzene rings is 1. The van der Waals surface area contributed by atoms with Crippen LogP contribution in [0.3, 0.4) is 0 Å². The first kappa shape index (κ1) is 19.8.